The summed E-state index contributed by atoms with van der Waals surface area (Å²) < 4.78 is 0. The van der Waals surface area contributed by atoms with Crippen molar-refractivity contribution in [2.45, 2.75) is 24.5 Å². The number of carbonyl (C=O) groups excluding carboxylic acids is 2. The van der Waals surface area contributed by atoms with Gasteiger partial charge in [-0.1, -0.05) is 11.8 Å². The zero-order chi connectivity index (χ0) is 18.1. The summed E-state index contributed by atoms with van der Waals surface area (Å²) in [6.07, 6.45) is 1.84. The van der Waals surface area contributed by atoms with E-state index in [1.807, 2.05) is 6.20 Å². The first-order valence-electron chi connectivity index (χ1n) is 7.61. The number of hydrogen-bond donors (Lipinski definition) is 4. The Hall–Kier alpha value is -2.10. The number of rotatable bonds is 5. The van der Waals surface area contributed by atoms with Crippen LogP contribution in [0.1, 0.15) is 29.1 Å². The summed E-state index contributed by atoms with van der Waals surface area (Å²) in [7, 11) is 0. The maximum atomic E-state index is 11.8. The molecule has 1 aromatic heterocycles. The normalized spacial score (nSPS) is 25.5. The van der Waals surface area contributed by atoms with Gasteiger partial charge < -0.3 is 16.4 Å². The van der Waals surface area contributed by atoms with Crippen LogP contribution in [0.3, 0.4) is 0 Å². The molecule has 2 heterocycles. The van der Waals surface area contributed by atoms with Gasteiger partial charge in [-0.2, -0.15) is 0 Å². The van der Waals surface area contributed by atoms with Crippen LogP contribution in [0.5, 0.6) is 0 Å². The van der Waals surface area contributed by atoms with Crippen LogP contribution in [-0.4, -0.2) is 27.7 Å². The minimum Gasteiger partial charge on any atom is -0.366 e. The first kappa shape index (κ1) is 17.7. The van der Waals surface area contributed by atoms with Gasteiger partial charge in [0.1, 0.15) is 0 Å². The van der Waals surface area contributed by atoms with Crippen LogP contribution in [-0.2, 0) is 10.3 Å². The van der Waals surface area contributed by atoms with Crippen molar-refractivity contribution >= 4 is 40.6 Å². The smallest absolute Gasteiger partial charge is 0.248 e. The lowest BCUT2D eigenvalue weighted by molar-refractivity contribution is -0.120. The van der Waals surface area contributed by atoms with Gasteiger partial charge in [0.15, 0.2) is 0 Å². The topological polar surface area (TPSA) is 109 Å². The van der Waals surface area contributed by atoms with Gasteiger partial charge in [0.2, 0.25) is 16.9 Å². The molecular weight excluding hydrogens is 358 g/mol. The average molecular weight is 377 g/mol. The predicted molar refractivity (Wildman–Crippen MR) is 100 cm³/mol. The standard InChI is InChI=1S/C16H19N5O2S2/c1-10(22)19-16(20-12-5-3-11(4-6-12)14(17)23)21-15(2,8-25-16)13-7-18-9-24-13/h3-7,9,20-21H,8H2,1-2H3,(H2,17,23)(H,19,22). The minimum absolute atomic E-state index is 0.158. The fourth-order valence-electron chi connectivity index (χ4n) is 2.67. The number of primary amides is 1. The third-order valence-corrected chi connectivity index (χ3v) is 6.35. The quantitative estimate of drug-likeness (QED) is 0.590. The Bertz CT molecular complexity index is 780. The Kier molecular flexibility index (Phi) is 4.72. The number of aromatic nitrogens is 1. The highest BCUT2D eigenvalue weighted by atomic mass is 32.2. The number of nitrogens with one attached hydrogen (secondary N) is 3. The van der Waals surface area contributed by atoms with Crippen molar-refractivity contribution in [1.82, 2.24) is 15.6 Å². The van der Waals surface area contributed by atoms with Crippen LogP contribution in [0.25, 0.3) is 0 Å². The third kappa shape index (κ3) is 3.78. The average Bonchev–Trinajstić information content (AvgIpc) is 3.17. The summed E-state index contributed by atoms with van der Waals surface area (Å²) in [5.74, 6) is 0.117. The molecule has 132 valence electrons. The molecular formula is C16H19N5O2S2. The van der Waals surface area contributed by atoms with Crippen LogP contribution in [0.2, 0.25) is 0 Å². The number of anilines is 1. The van der Waals surface area contributed by atoms with Gasteiger partial charge in [0, 0.05) is 35.0 Å². The van der Waals surface area contributed by atoms with Crippen molar-refractivity contribution < 1.29 is 9.59 Å². The van der Waals surface area contributed by atoms with Crippen LogP contribution >= 0.6 is 23.1 Å². The number of nitrogens with two attached hydrogens (primary N) is 1. The minimum atomic E-state index is -0.862. The number of thiazole rings is 1. The number of amides is 2. The molecule has 3 rings (SSSR count). The SMILES string of the molecule is CC(=O)NC1(Nc2ccc(C(N)=O)cc2)NC(C)(c2cncs2)CS1. The molecule has 0 bridgehead atoms. The van der Waals surface area contributed by atoms with Crippen LogP contribution in [0.4, 0.5) is 5.69 Å². The lowest BCUT2D eigenvalue weighted by Gasteiger charge is -2.34. The number of hydrogen-bond acceptors (Lipinski definition) is 7. The van der Waals surface area contributed by atoms with Gasteiger partial charge in [0.05, 0.1) is 11.0 Å². The molecule has 1 saturated heterocycles. The van der Waals surface area contributed by atoms with Gasteiger partial charge in [-0.15, -0.1) is 11.3 Å². The maximum absolute atomic E-state index is 11.8. The van der Waals surface area contributed by atoms with E-state index >= 15 is 0 Å². The molecule has 2 amide bonds. The summed E-state index contributed by atoms with van der Waals surface area (Å²) in [4.78, 5) is 28.2. The summed E-state index contributed by atoms with van der Waals surface area (Å²) in [5.41, 5.74) is 7.93. The number of carbonyl (C=O) groups is 2. The Morgan fingerprint density at radius 3 is 2.60 bits per heavy atom. The Morgan fingerprint density at radius 2 is 2.04 bits per heavy atom. The molecule has 2 unspecified atom stereocenters. The molecule has 2 atom stereocenters. The molecule has 0 saturated carbocycles. The van der Waals surface area contributed by atoms with Gasteiger partial charge in [0.25, 0.3) is 0 Å². The molecule has 1 fully saturated rings. The number of benzene rings is 1. The zero-order valence-corrected chi connectivity index (χ0v) is 15.5. The summed E-state index contributed by atoms with van der Waals surface area (Å²) >= 11 is 3.13. The molecule has 9 heteroatoms. The molecule has 0 spiro atoms. The largest absolute Gasteiger partial charge is 0.366 e. The highest BCUT2D eigenvalue weighted by Gasteiger charge is 2.48. The molecule has 5 N–H and O–H groups in total. The van der Waals surface area contributed by atoms with E-state index in [4.69, 9.17) is 5.73 Å². The molecule has 0 radical (unpaired) electrons. The third-order valence-electron chi connectivity index (χ3n) is 3.85. The van der Waals surface area contributed by atoms with E-state index in [-0.39, 0.29) is 11.4 Å². The van der Waals surface area contributed by atoms with Crippen molar-refractivity contribution in [2.75, 3.05) is 11.1 Å². The summed E-state index contributed by atoms with van der Waals surface area (Å²) in [6.45, 7) is 3.55. The Balaban J connectivity index is 1.85. The van der Waals surface area contributed by atoms with Crippen LogP contribution in [0.15, 0.2) is 36.0 Å². The summed E-state index contributed by atoms with van der Waals surface area (Å²) in [6, 6.07) is 6.81. The molecule has 1 aliphatic rings. The van der Waals surface area contributed by atoms with Crippen molar-refractivity contribution in [3.05, 3.63) is 46.4 Å². The van der Waals surface area contributed by atoms with Crippen molar-refractivity contribution in [1.29, 1.82) is 0 Å². The van der Waals surface area contributed by atoms with Gasteiger partial charge in [-0.05, 0) is 31.2 Å². The van der Waals surface area contributed by atoms with E-state index in [1.165, 1.54) is 6.92 Å². The predicted octanol–water partition coefficient (Wildman–Crippen LogP) is 1.65. The first-order chi connectivity index (χ1) is 11.8. The van der Waals surface area contributed by atoms with E-state index < -0.39 is 11.0 Å². The summed E-state index contributed by atoms with van der Waals surface area (Å²) in [5, 5.41) is 8.91. The highest BCUT2D eigenvalue weighted by Crippen LogP contribution is 2.41. The second-order valence-corrected chi connectivity index (χ2v) is 8.12. The van der Waals surface area contributed by atoms with Gasteiger partial charge in [-0.3, -0.25) is 19.9 Å². The zero-order valence-electron chi connectivity index (χ0n) is 13.8. The molecule has 0 aliphatic carbocycles. The lowest BCUT2D eigenvalue weighted by atomic mass is 10.0. The van der Waals surface area contributed by atoms with Crippen molar-refractivity contribution in [2.24, 2.45) is 5.73 Å². The van der Waals surface area contributed by atoms with Crippen LogP contribution in [0, 0.1) is 0 Å². The molecule has 2 aromatic rings. The fraction of sp³-hybridized carbons (Fsp3) is 0.312. The first-order valence-corrected chi connectivity index (χ1v) is 9.47. The van der Waals surface area contributed by atoms with Gasteiger partial charge in [-0.25, -0.2) is 0 Å². The molecule has 1 aliphatic heterocycles. The van der Waals surface area contributed by atoms with Crippen molar-refractivity contribution in [3.8, 4) is 0 Å². The van der Waals surface area contributed by atoms with E-state index in [1.54, 1.807) is 52.9 Å². The van der Waals surface area contributed by atoms with Gasteiger partial charge >= 0.3 is 0 Å². The molecule has 25 heavy (non-hydrogen) atoms. The highest BCUT2D eigenvalue weighted by molar-refractivity contribution is 8.01. The second kappa shape index (κ2) is 6.66. The Morgan fingerprint density at radius 1 is 1.32 bits per heavy atom. The van der Waals surface area contributed by atoms with E-state index in [0.717, 1.165) is 16.3 Å². The monoisotopic (exact) mass is 377 g/mol. The van der Waals surface area contributed by atoms with Crippen molar-refractivity contribution in [3.63, 3.8) is 0 Å². The second-order valence-electron chi connectivity index (χ2n) is 6.04. The molecule has 7 nitrogen and oxygen atoms in total. The van der Waals surface area contributed by atoms with E-state index in [2.05, 4.69) is 27.9 Å². The maximum Gasteiger partial charge on any atom is 0.248 e. The van der Waals surface area contributed by atoms with E-state index in [0.29, 0.717) is 5.56 Å². The fourth-order valence-corrected chi connectivity index (χ4v) is 4.94. The number of nitrogens with zero attached hydrogens (tertiary/aromatic N) is 1. The molecule has 1 aromatic carbocycles. The number of thioether (sulfide) groups is 1. The van der Waals surface area contributed by atoms with E-state index in [9.17, 15) is 9.59 Å². The van der Waals surface area contributed by atoms with Crippen LogP contribution < -0.4 is 21.7 Å². The lowest BCUT2D eigenvalue weighted by Crippen LogP contribution is -2.61. The Labute approximate surface area is 153 Å².